The van der Waals surface area contributed by atoms with Gasteiger partial charge in [0.25, 0.3) is 50.6 Å². The highest BCUT2D eigenvalue weighted by molar-refractivity contribution is 7.94. The number of imidazole rings is 2. The van der Waals surface area contributed by atoms with Crippen LogP contribution in [0.1, 0.15) is 6.92 Å². The van der Waals surface area contributed by atoms with Gasteiger partial charge in [-0.25, -0.2) is 15.2 Å². The van der Waals surface area contributed by atoms with Crippen molar-refractivity contribution in [1.29, 1.82) is 0 Å². The molecule has 0 amide bonds. The first-order valence-electron chi connectivity index (χ1n) is 34.6. The summed E-state index contributed by atoms with van der Waals surface area (Å²) < 4.78 is 187. The summed E-state index contributed by atoms with van der Waals surface area (Å²) in [5, 5.41) is 97.9. The smallest absolute Gasteiger partial charge is 0.296 e. The minimum Gasteiger partial charge on any atom is -0.505 e. The molecule has 45 heteroatoms. The minimum absolute atomic E-state index is 0.0205. The molecule has 0 radical (unpaired) electrons. The number of nitrogen functional groups attached to an aromatic ring is 1. The van der Waals surface area contributed by atoms with Crippen molar-refractivity contribution in [3.63, 3.8) is 0 Å². The standard InChI is InChI=1S/C40H27N9O11S3.C36H30N6O13S3/c41-21-5-1-3-19(15-21)39-42-29-13-11-26-27(33(29)44-39)18-32(63(58,59)60)36(38(26)51)49-47-23-6-2-4-20(16-23)40-43-30-14-12-25-28(34(30)45-40)17-31(62(55,56)57)35(37(25)50)48-46-22-7-9-24(10-8-22)61(52,53)54;1-17-37-25-12-9-21-22(32(25)38-17)16-28(56-55-54-45)33(35(21)43)41-39-23-10-7-18(13-26(23)52-2)19-8-11-24(27(14-19)53-3)40-42-34-30(58(49,50)51)15-20-5-4-6-29(57(46,47)48)31(20)36(34)44/h1-18,50-51H,41H2,(H,42,44)(H,43,45)(H,52,53,54)(H,55,56,57)(H,58,59,60);4-17,37-38,43-45H,1-3H3,(H,46,47,48)(H,49,50,51). The molecule has 1 aliphatic heterocycles. The fourth-order valence-electron chi connectivity index (χ4n) is 13.3. The van der Waals surface area contributed by atoms with E-state index in [-0.39, 0.29) is 95.0 Å². The Kier molecular flexibility index (Phi) is 21.7. The second-order valence-electron chi connectivity index (χ2n) is 26.4. The van der Waals surface area contributed by atoms with Crippen LogP contribution in [-0.2, 0) is 60.0 Å². The van der Waals surface area contributed by atoms with Gasteiger partial charge in [0, 0.05) is 54.5 Å². The third-order valence-electron chi connectivity index (χ3n) is 18.8. The lowest BCUT2D eigenvalue weighted by Gasteiger charge is -2.12. The molecule has 0 fully saturated rings. The molecule has 2 aromatic heterocycles. The number of anilines is 3. The Morgan fingerprint density at radius 1 is 0.421 bits per heavy atom. The van der Waals surface area contributed by atoms with Crippen LogP contribution in [0, 0.1) is 0 Å². The van der Waals surface area contributed by atoms with Crippen LogP contribution < -0.4 is 25.8 Å². The van der Waals surface area contributed by atoms with Gasteiger partial charge in [-0.3, -0.25) is 22.8 Å². The summed E-state index contributed by atoms with van der Waals surface area (Å²) in [6, 6.07) is 45.2. The lowest BCUT2D eigenvalue weighted by molar-refractivity contribution is -0.432. The van der Waals surface area contributed by atoms with E-state index in [0.29, 0.717) is 73.1 Å². The number of phenolic OH excluding ortho intramolecular Hbond substituents is 4. The molecule has 0 saturated carbocycles. The monoisotopic (exact) mass is 1760 g/mol. The predicted molar refractivity (Wildman–Crippen MR) is 442 cm³/mol. The van der Waals surface area contributed by atoms with Gasteiger partial charge in [0.2, 0.25) is 0 Å². The van der Waals surface area contributed by atoms with Crippen molar-refractivity contribution < 1.29 is 109 Å². The Bertz CT molecular complexity index is 7630. The minimum atomic E-state index is -5.04. The van der Waals surface area contributed by atoms with E-state index in [1.54, 1.807) is 84.9 Å². The Balaban J connectivity index is 0.000000189. The van der Waals surface area contributed by atoms with Crippen molar-refractivity contribution in [3.05, 3.63) is 188 Å². The van der Waals surface area contributed by atoms with Crippen LogP contribution in [0.15, 0.2) is 258 Å². The van der Waals surface area contributed by atoms with Gasteiger partial charge in [0.1, 0.15) is 76.9 Å². The number of nitrogens with zero attached hydrogens (tertiary/aromatic N) is 10. The van der Waals surface area contributed by atoms with Crippen molar-refractivity contribution in [2.45, 2.75) is 42.5 Å². The zero-order valence-electron chi connectivity index (χ0n) is 61.7. The summed E-state index contributed by atoms with van der Waals surface area (Å²) >= 11 is 0.605. The number of fused-ring (bicyclic) bond motifs is 10. The van der Waals surface area contributed by atoms with E-state index >= 15 is 0 Å². The van der Waals surface area contributed by atoms with Crippen LogP contribution in [0.4, 0.5) is 62.6 Å². The summed E-state index contributed by atoms with van der Waals surface area (Å²) in [6.45, 7) is 1.94. The number of hydrogen-bond acceptors (Lipinski definition) is 33. The number of benzene rings is 13. The number of aromatic hydroxyl groups is 4. The van der Waals surface area contributed by atoms with Crippen LogP contribution in [0.3, 0.4) is 0 Å². The van der Waals surface area contributed by atoms with E-state index in [1.807, 2.05) is 13.0 Å². The number of ether oxygens (including phenoxy) is 2. The molecule has 13 aromatic carbocycles. The number of aromatic amines is 2. The highest BCUT2D eigenvalue weighted by atomic mass is 32.2. The normalized spacial score (nSPS) is 13.5. The Hall–Kier alpha value is -13.8. The quantitative estimate of drug-likeness (QED) is 0.00793. The van der Waals surface area contributed by atoms with Crippen LogP contribution in [-0.4, -0.2) is 131 Å². The molecule has 0 bridgehead atoms. The molecule has 1 unspecified atom stereocenters. The van der Waals surface area contributed by atoms with E-state index < -0.39 is 115 Å². The second-order valence-corrected chi connectivity index (χ2v) is 34.1. The Morgan fingerprint density at radius 2 is 0.901 bits per heavy atom. The maximum Gasteiger partial charge on any atom is 0.296 e. The fraction of sp³-hybridized carbons (Fsp3) is 0.0526. The van der Waals surface area contributed by atoms with E-state index in [4.69, 9.17) is 20.5 Å². The molecule has 0 aliphatic carbocycles. The molecule has 16 rings (SSSR count). The number of azo groups is 4. The van der Waals surface area contributed by atoms with Gasteiger partial charge < -0.3 is 56.2 Å². The van der Waals surface area contributed by atoms with Crippen LogP contribution in [0.2, 0.25) is 0 Å². The third-order valence-corrected chi connectivity index (χ3v) is 23.8. The number of H-pyrrole nitrogens is 2. The molecule has 15 aromatic rings. The van der Waals surface area contributed by atoms with E-state index in [0.717, 1.165) is 47.8 Å². The first-order chi connectivity index (χ1) is 57.4. The third kappa shape index (κ3) is 16.4. The average molecular weight is 1760 g/mol. The summed E-state index contributed by atoms with van der Waals surface area (Å²) in [7, 11) is -21.7. The lowest BCUT2D eigenvalue weighted by Crippen LogP contribution is -2.16. The predicted octanol–water partition coefficient (Wildman–Crippen LogP) is 17.7. The number of nitrogens with two attached hydrogens (primary N) is 1. The van der Waals surface area contributed by atoms with Crippen LogP contribution >= 0.6 is 12.0 Å². The Labute approximate surface area is 685 Å². The van der Waals surface area contributed by atoms with E-state index in [9.17, 15) is 85.3 Å². The van der Waals surface area contributed by atoms with Crippen molar-refractivity contribution in [3.8, 4) is 68.4 Å². The maximum absolute atomic E-state index is 12.7. The van der Waals surface area contributed by atoms with E-state index in [1.165, 1.54) is 74.9 Å². The summed E-state index contributed by atoms with van der Waals surface area (Å²) in [6.07, 6.45) is -0.0513. The topological polar surface area (TPSA) is 616 Å². The van der Waals surface area contributed by atoms with Crippen LogP contribution in [0.5, 0.6) is 34.5 Å². The molecule has 616 valence electrons. The molecule has 16 N–H and O–H groups in total. The van der Waals surface area contributed by atoms with Crippen molar-refractivity contribution in [1.82, 2.24) is 19.9 Å². The fourth-order valence-corrected chi connectivity index (χ4v) is 17.0. The van der Waals surface area contributed by atoms with Crippen molar-refractivity contribution >= 4 is 190 Å². The maximum atomic E-state index is 12.7. The van der Waals surface area contributed by atoms with Gasteiger partial charge in [0.15, 0.2) is 23.0 Å². The molecule has 121 heavy (non-hydrogen) atoms. The van der Waals surface area contributed by atoms with Gasteiger partial charge in [-0.15, -0.1) is 35.0 Å². The summed E-state index contributed by atoms with van der Waals surface area (Å²) in [5.41, 5.74) is 10.2. The lowest BCUT2D eigenvalue weighted by atomic mass is 10.0. The van der Waals surface area contributed by atoms with Crippen LogP contribution in [0.25, 0.3) is 99.1 Å². The van der Waals surface area contributed by atoms with Crippen molar-refractivity contribution in [2.75, 3.05) is 30.6 Å². The zero-order valence-corrected chi connectivity index (χ0v) is 66.6. The molecular weight excluding hydrogens is 1700 g/mol. The summed E-state index contributed by atoms with van der Waals surface area (Å²) in [5.74, 6) is -1.37. The molecule has 3 heterocycles. The van der Waals surface area contributed by atoms with Gasteiger partial charge in [-0.1, -0.05) is 53.6 Å². The number of phenols is 4. The number of rotatable bonds is 21. The Morgan fingerprint density at radius 3 is 1.43 bits per heavy atom. The number of nitrogens with one attached hydrogen (secondary N) is 4. The highest BCUT2D eigenvalue weighted by Crippen LogP contribution is 2.52. The molecular formula is C76H57N15O24S6. The van der Waals surface area contributed by atoms with Gasteiger partial charge in [-0.05, 0) is 163 Å². The largest absolute Gasteiger partial charge is 0.505 e. The number of hydrogen-bond donors (Lipinski definition) is 15. The number of aromatic nitrogens is 4. The zero-order chi connectivity index (χ0) is 86.1. The summed E-state index contributed by atoms with van der Waals surface area (Å²) in [4.78, 5) is 12.1. The molecule has 1 aliphatic rings. The SMILES string of the molecule is COc1cc(-c2ccc(N=Nc3c(S(=O)(=O)O)cc4cccc(S(=O)(=O)O)c4c3O)c(OC)c2)ccc1N=Nc1c(SOOO)cc2c3c(ccc2c1O)NC(C)N3.Nc1cccc(-c2nc3ccc4c(O)c(N=Nc5cccc(-c6nc7ccc8c(O)c(N=Nc9ccc(S(=O)(=O)O)cc9)c(S(=O)(=O)O)cc8c7[nH]6)c5)c(S(=O)(=O)O)cc4c3[nH]2)c1. The van der Waals surface area contributed by atoms with Crippen molar-refractivity contribution in [2.24, 2.45) is 40.9 Å². The number of methoxy groups -OCH3 is 2. The second kappa shape index (κ2) is 31.8. The first kappa shape index (κ1) is 82.3. The van der Waals surface area contributed by atoms with Gasteiger partial charge >= 0.3 is 0 Å². The van der Waals surface area contributed by atoms with Gasteiger partial charge in [-0.2, -0.15) is 52.3 Å². The van der Waals surface area contributed by atoms with E-state index in [2.05, 4.69) is 80.9 Å². The molecule has 0 saturated heterocycles. The average Bonchev–Trinajstić information content (AvgIpc) is 1.68. The molecule has 1 atom stereocenters. The first-order valence-corrected chi connectivity index (χ1v) is 42.5. The van der Waals surface area contributed by atoms with Gasteiger partial charge in [0.05, 0.1) is 87.0 Å². The molecule has 0 spiro atoms. The molecule has 39 nitrogen and oxygen atoms in total. The highest BCUT2D eigenvalue weighted by Gasteiger charge is 2.31.